The smallest absolute Gasteiger partial charge is 0.213 e. The molecular formula is C15H26N2O. The molecular weight excluding hydrogens is 224 g/mol. The maximum Gasteiger partial charge on any atom is 0.213 e. The highest BCUT2D eigenvalue weighted by atomic mass is 16.5. The summed E-state index contributed by atoms with van der Waals surface area (Å²) in [6, 6.07) is 4.03. The van der Waals surface area contributed by atoms with Crippen LogP contribution in [0.15, 0.2) is 18.3 Å². The Morgan fingerprint density at radius 2 is 2.06 bits per heavy atom. The molecule has 0 unspecified atom stereocenters. The molecule has 0 aromatic carbocycles. The first-order valence-corrected chi connectivity index (χ1v) is 6.69. The van der Waals surface area contributed by atoms with Crippen molar-refractivity contribution in [3.63, 3.8) is 0 Å². The van der Waals surface area contributed by atoms with Gasteiger partial charge in [-0.3, -0.25) is 0 Å². The maximum atomic E-state index is 5.65. The molecule has 1 aromatic heterocycles. The average molecular weight is 250 g/mol. The molecule has 3 nitrogen and oxygen atoms in total. The minimum Gasteiger partial charge on any atom is -0.478 e. The third kappa shape index (κ3) is 6.60. The number of nitrogens with zero attached hydrogens (tertiary/aromatic N) is 1. The van der Waals surface area contributed by atoms with Crippen LogP contribution < -0.4 is 10.1 Å². The standard InChI is InChI=1S/C15H26N2O/c1-12(2)7-9-18-14-10-13(6-8-16-14)11-17-15(3,4)5/h6,8,10,12,17H,7,9,11H2,1-5H3. The van der Waals surface area contributed by atoms with Gasteiger partial charge in [-0.25, -0.2) is 4.98 Å². The highest BCUT2D eigenvalue weighted by Crippen LogP contribution is 2.12. The van der Waals surface area contributed by atoms with Crippen LogP contribution in [0, 0.1) is 5.92 Å². The molecule has 0 fully saturated rings. The second kappa shape index (κ2) is 6.74. The van der Waals surface area contributed by atoms with Crippen molar-refractivity contribution in [1.29, 1.82) is 0 Å². The Hall–Kier alpha value is -1.09. The fourth-order valence-corrected chi connectivity index (χ4v) is 1.41. The van der Waals surface area contributed by atoms with Crippen molar-refractivity contribution in [3.8, 4) is 5.88 Å². The van der Waals surface area contributed by atoms with Crippen molar-refractivity contribution in [2.45, 2.75) is 53.1 Å². The van der Waals surface area contributed by atoms with Crippen molar-refractivity contribution < 1.29 is 4.74 Å². The van der Waals surface area contributed by atoms with Gasteiger partial charge in [0.25, 0.3) is 0 Å². The van der Waals surface area contributed by atoms with Gasteiger partial charge in [0.15, 0.2) is 0 Å². The highest BCUT2D eigenvalue weighted by Gasteiger charge is 2.08. The zero-order valence-corrected chi connectivity index (χ0v) is 12.3. The third-order valence-corrected chi connectivity index (χ3v) is 2.57. The van der Waals surface area contributed by atoms with Crippen molar-refractivity contribution >= 4 is 0 Å². The lowest BCUT2D eigenvalue weighted by Gasteiger charge is -2.20. The predicted octanol–water partition coefficient (Wildman–Crippen LogP) is 3.39. The van der Waals surface area contributed by atoms with Gasteiger partial charge >= 0.3 is 0 Å². The monoisotopic (exact) mass is 250 g/mol. The Morgan fingerprint density at radius 1 is 1.33 bits per heavy atom. The zero-order chi connectivity index (χ0) is 13.6. The SMILES string of the molecule is CC(C)CCOc1cc(CNC(C)(C)C)ccn1. The van der Waals surface area contributed by atoms with E-state index in [4.69, 9.17) is 4.74 Å². The summed E-state index contributed by atoms with van der Waals surface area (Å²) in [4.78, 5) is 4.23. The molecule has 0 bridgehead atoms. The van der Waals surface area contributed by atoms with E-state index in [-0.39, 0.29) is 5.54 Å². The fraction of sp³-hybridized carbons (Fsp3) is 0.667. The normalized spacial score (nSPS) is 11.9. The van der Waals surface area contributed by atoms with E-state index in [2.05, 4.69) is 44.9 Å². The van der Waals surface area contributed by atoms with Gasteiger partial charge in [-0.1, -0.05) is 13.8 Å². The van der Waals surface area contributed by atoms with Crippen LogP contribution in [0.5, 0.6) is 5.88 Å². The summed E-state index contributed by atoms with van der Waals surface area (Å²) in [5, 5.41) is 3.46. The molecule has 1 N–H and O–H groups in total. The predicted molar refractivity (Wildman–Crippen MR) is 75.8 cm³/mol. The third-order valence-electron chi connectivity index (χ3n) is 2.57. The first-order chi connectivity index (χ1) is 8.37. The molecule has 0 amide bonds. The molecule has 0 spiro atoms. The van der Waals surface area contributed by atoms with E-state index >= 15 is 0 Å². The first kappa shape index (κ1) is 15.0. The number of ether oxygens (including phenoxy) is 1. The Balaban J connectivity index is 2.46. The topological polar surface area (TPSA) is 34.1 Å². The number of hydrogen-bond acceptors (Lipinski definition) is 3. The van der Waals surface area contributed by atoms with E-state index in [1.807, 2.05) is 18.3 Å². The quantitative estimate of drug-likeness (QED) is 0.840. The Bertz CT molecular complexity index is 356. The largest absolute Gasteiger partial charge is 0.478 e. The molecule has 0 saturated carbocycles. The van der Waals surface area contributed by atoms with Crippen molar-refractivity contribution in [1.82, 2.24) is 10.3 Å². The summed E-state index contributed by atoms with van der Waals surface area (Å²) >= 11 is 0. The van der Waals surface area contributed by atoms with Crippen LogP contribution in [-0.4, -0.2) is 17.1 Å². The van der Waals surface area contributed by atoms with E-state index in [0.29, 0.717) is 5.92 Å². The van der Waals surface area contributed by atoms with Crippen LogP contribution in [-0.2, 0) is 6.54 Å². The van der Waals surface area contributed by atoms with Gasteiger partial charge < -0.3 is 10.1 Å². The molecule has 0 atom stereocenters. The number of rotatable bonds is 6. The molecule has 1 heterocycles. The van der Waals surface area contributed by atoms with Crippen molar-refractivity contribution in [2.24, 2.45) is 5.92 Å². The van der Waals surface area contributed by atoms with Crippen LogP contribution >= 0.6 is 0 Å². The molecule has 0 saturated heterocycles. The summed E-state index contributed by atoms with van der Waals surface area (Å²) in [6.07, 6.45) is 2.87. The van der Waals surface area contributed by atoms with E-state index in [0.717, 1.165) is 25.5 Å². The summed E-state index contributed by atoms with van der Waals surface area (Å²) in [5.74, 6) is 1.39. The molecule has 0 aliphatic carbocycles. The van der Waals surface area contributed by atoms with Gasteiger partial charge in [-0.05, 0) is 44.7 Å². The molecule has 18 heavy (non-hydrogen) atoms. The summed E-state index contributed by atoms with van der Waals surface area (Å²) in [6.45, 7) is 12.4. The fourth-order valence-electron chi connectivity index (χ4n) is 1.41. The minimum absolute atomic E-state index is 0.127. The van der Waals surface area contributed by atoms with Crippen LogP contribution in [0.1, 0.15) is 46.6 Å². The van der Waals surface area contributed by atoms with Gasteiger partial charge in [0.05, 0.1) is 6.61 Å². The molecule has 1 aromatic rings. The molecule has 1 rings (SSSR count). The Morgan fingerprint density at radius 3 is 2.67 bits per heavy atom. The number of pyridine rings is 1. The van der Waals surface area contributed by atoms with Gasteiger partial charge in [0.1, 0.15) is 0 Å². The lowest BCUT2D eigenvalue weighted by Crippen LogP contribution is -2.35. The van der Waals surface area contributed by atoms with Crippen LogP contribution in [0.25, 0.3) is 0 Å². The van der Waals surface area contributed by atoms with Crippen molar-refractivity contribution in [3.05, 3.63) is 23.9 Å². The lowest BCUT2D eigenvalue weighted by atomic mass is 10.1. The highest BCUT2D eigenvalue weighted by molar-refractivity contribution is 5.20. The number of nitrogens with one attached hydrogen (secondary N) is 1. The minimum atomic E-state index is 0.127. The molecule has 3 heteroatoms. The molecule has 0 radical (unpaired) electrons. The van der Waals surface area contributed by atoms with E-state index in [9.17, 15) is 0 Å². The number of hydrogen-bond donors (Lipinski definition) is 1. The zero-order valence-electron chi connectivity index (χ0n) is 12.3. The molecule has 0 aliphatic rings. The average Bonchev–Trinajstić information content (AvgIpc) is 2.26. The van der Waals surface area contributed by atoms with Gasteiger partial charge in [0.2, 0.25) is 5.88 Å². The maximum absolute atomic E-state index is 5.65. The van der Waals surface area contributed by atoms with E-state index in [1.54, 1.807) is 0 Å². The summed E-state index contributed by atoms with van der Waals surface area (Å²) < 4.78 is 5.65. The van der Waals surface area contributed by atoms with E-state index in [1.165, 1.54) is 5.56 Å². The van der Waals surface area contributed by atoms with Gasteiger partial charge in [0, 0.05) is 24.3 Å². The first-order valence-electron chi connectivity index (χ1n) is 6.69. The second-order valence-corrected chi connectivity index (χ2v) is 6.14. The summed E-state index contributed by atoms with van der Waals surface area (Å²) in [7, 11) is 0. The second-order valence-electron chi connectivity index (χ2n) is 6.14. The lowest BCUT2D eigenvalue weighted by molar-refractivity contribution is 0.279. The molecule has 102 valence electrons. The van der Waals surface area contributed by atoms with E-state index < -0.39 is 0 Å². The van der Waals surface area contributed by atoms with Gasteiger partial charge in [-0.2, -0.15) is 0 Å². The van der Waals surface area contributed by atoms with Crippen LogP contribution in [0.3, 0.4) is 0 Å². The van der Waals surface area contributed by atoms with Crippen molar-refractivity contribution in [2.75, 3.05) is 6.61 Å². The summed E-state index contributed by atoms with van der Waals surface area (Å²) in [5.41, 5.74) is 1.33. The Kier molecular flexibility index (Phi) is 5.60. The van der Waals surface area contributed by atoms with Crippen LogP contribution in [0.2, 0.25) is 0 Å². The van der Waals surface area contributed by atoms with Crippen LogP contribution in [0.4, 0.5) is 0 Å². The van der Waals surface area contributed by atoms with Gasteiger partial charge in [-0.15, -0.1) is 0 Å². The Labute approximate surface area is 111 Å². The molecule has 0 aliphatic heterocycles. The number of aromatic nitrogens is 1.